The summed E-state index contributed by atoms with van der Waals surface area (Å²) >= 11 is 0. The van der Waals surface area contributed by atoms with Gasteiger partial charge in [-0.25, -0.2) is 4.39 Å². The molecule has 3 aromatic rings. The quantitative estimate of drug-likeness (QED) is 0.481. The molecule has 0 radical (unpaired) electrons. The van der Waals surface area contributed by atoms with E-state index in [1.54, 1.807) is 42.7 Å². The monoisotopic (exact) mass is 415 g/mol. The second kappa shape index (κ2) is 10.5. The van der Waals surface area contributed by atoms with Crippen LogP contribution in [-0.2, 0) is 0 Å². The molecule has 0 aliphatic heterocycles. The fraction of sp³-hybridized carbons (Fsp3) is 0.0417. The van der Waals surface area contributed by atoms with Crippen molar-refractivity contribution in [3.63, 3.8) is 0 Å². The number of halogens is 1. The van der Waals surface area contributed by atoms with E-state index < -0.39 is 0 Å². The van der Waals surface area contributed by atoms with Gasteiger partial charge in [0.2, 0.25) is 0 Å². The fourth-order valence-corrected chi connectivity index (χ4v) is 2.76. The maximum Gasteiger partial charge on any atom is 0.274 e. The molecule has 7 heteroatoms. The topological polar surface area (TPSA) is 96.7 Å². The Balaban J connectivity index is 1.76. The number of carbonyl (C=O) groups excluding carboxylic acids is 1. The van der Waals surface area contributed by atoms with Crippen LogP contribution in [0.5, 0.6) is 0 Å². The van der Waals surface area contributed by atoms with E-state index in [1.165, 1.54) is 24.5 Å². The van der Waals surface area contributed by atoms with E-state index in [-0.39, 0.29) is 11.7 Å². The molecule has 0 unspecified atom stereocenters. The minimum Gasteiger partial charge on any atom is -0.404 e. The zero-order valence-corrected chi connectivity index (χ0v) is 16.9. The normalized spacial score (nSPS) is 12.3. The Morgan fingerprint density at radius 3 is 2.77 bits per heavy atom. The lowest BCUT2D eigenvalue weighted by Gasteiger charge is -2.07. The summed E-state index contributed by atoms with van der Waals surface area (Å²) in [6.07, 6.45) is 17.2. The molecule has 0 fully saturated rings. The molecule has 156 valence electrons. The number of anilines is 1. The first-order valence-electron chi connectivity index (χ1n) is 9.55. The minimum absolute atomic E-state index is 0.293. The van der Waals surface area contributed by atoms with Crippen molar-refractivity contribution in [3.05, 3.63) is 108 Å². The molecule has 0 saturated heterocycles. The Labute approximate surface area is 179 Å². The maximum absolute atomic E-state index is 13.5. The van der Waals surface area contributed by atoms with E-state index in [0.29, 0.717) is 28.1 Å². The number of hydrogen-bond acceptors (Lipinski definition) is 4. The number of amides is 1. The third-order valence-electron chi connectivity index (χ3n) is 4.29. The van der Waals surface area contributed by atoms with Crippen LogP contribution >= 0.6 is 0 Å². The number of pyridine rings is 1. The SMILES string of the molecule is C/C=C/C=C\C(\C=C\c1cn[nH]c1C(=O)Nc1cncc(-c2cccc(F)c2)c1)=C/N. The fourth-order valence-electron chi connectivity index (χ4n) is 2.76. The van der Waals surface area contributed by atoms with Crippen LogP contribution in [0, 0.1) is 5.82 Å². The highest BCUT2D eigenvalue weighted by Gasteiger charge is 2.13. The summed E-state index contributed by atoms with van der Waals surface area (Å²) in [4.78, 5) is 16.9. The van der Waals surface area contributed by atoms with Crippen LogP contribution in [0.25, 0.3) is 17.2 Å². The van der Waals surface area contributed by atoms with Crippen LogP contribution in [0.2, 0.25) is 0 Å². The summed E-state index contributed by atoms with van der Waals surface area (Å²) in [5.74, 6) is -0.717. The van der Waals surface area contributed by atoms with E-state index in [9.17, 15) is 9.18 Å². The lowest BCUT2D eigenvalue weighted by Crippen LogP contribution is -2.14. The van der Waals surface area contributed by atoms with Crippen LogP contribution in [0.4, 0.5) is 10.1 Å². The first-order valence-corrected chi connectivity index (χ1v) is 9.55. The van der Waals surface area contributed by atoms with Gasteiger partial charge in [0.15, 0.2) is 0 Å². The molecule has 31 heavy (non-hydrogen) atoms. The maximum atomic E-state index is 13.5. The Bertz CT molecular complexity index is 1170. The van der Waals surface area contributed by atoms with Crippen molar-refractivity contribution in [2.24, 2.45) is 5.73 Å². The molecule has 4 N–H and O–H groups in total. The smallest absolute Gasteiger partial charge is 0.274 e. The van der Waals surface area contributed by atoms with Crippen molar-refractivity contribution < 1.29 is 9.18 Å². The van der Waals surface area contributed by atoms with E-state index in [0.717, 1.165) is 5.57 Å². The molecular weight excluding hydrogens is 393 g/mol. The Kier molecular flexibility index (Phi) is 7.26. The van der Waals surface area contributed by atoms with Crippen LogP contribution in [0.3, 0.4) is 0 Å². The summed E-state index contributed by atoms with van der Waals surface area (Å²) in [7, 11) is 0. The number of nitrogens with zero attached hydrogens (tertiary/aromatic N) is 2. The largest absolute Gasteiger partial charge is 0.404 e. The van der Waals surface area contributed by atoms with Crippen LogP contribution in [0.1, 0.15) is 23.0 Å². The van der Waals surface area contributed by atoms with Gasteiger partial charge in [0, 0.05) is 23.5 Å². The third-order valence-corrected chi connectivity index (χ3v) is 4.29. The van der Waals surface area contributed by atoms with Gasteiger partial charge in [0.25, 0.3) is 5.91 Å². The van der Waals surface area contributed by atoms with Crippen molar-refractivity contribution in [2.45, 2.75) is 6.92 Å². The van der Waals surface area contributed by atoms with Crippen LogP contribution in [-0.4, -0.2) is 21.1 Å². The number of benzene rings is 1. The molecule has 1 amide bonds. The third kappa shape index (κ3) is 5.86. The van der Waals surface area contributed by atoms with E-state index in [4.69, 9.17) is 5.73 Å². The molecule has 0 atom stereocenters. The van der Waals surface area contributed by atoms with Gasteiger partial charge in [-0.15, -0.1) is 0 Å². The summed E-state index contributed by atoms with van der Waals surface area (Å²) in [5, 5.41) is 9.47. The zero-order chi connectivity index (χ0) is 22.1. The number of aromatic amines is 1. The minimum atomic E-state index is -0.377. The lowest BCUT2D eigenvalue weighted by atomic mass is 10.1. The Morgan fingerprint density at radius 2 is 2.00 bits per heavy atom. The highest BCUT2D eigenvalue weighted by Crippen LogP contribution is 2.22. The van der Waals surface area contributed by atoms with Crippen LogP contribution < -0.4 is 11.1 Å². The number of H-pyrrole nitrogens is 1. The predicted molar refractivity (Wildman–Crippen MR) is 121 cm³/mol. The molecule has 0 saturated carbocycles. The standard InChI is InChI=1S/C24H22FN5O/c1-2-3-4-6-17(13-26)9-10-19-15-28-30-23(19)24(31)29-22-12-20(14-27-16-22)18-7-5-8-21(25)11-18/h2-16H,26H2,1H3,(H,28,30)(H,29,31)/b3-2+,6-4-,10-9+,17-13+. The Hall–Kier alpha value is -4.26. The van der Waals surface area contributed by atoms with Crippen molar-refractivity contribution in [2.75, 3.05) is 5.32 Å². The van der Waals surface area contributed by atoms with Gasteiger partial charge < -0.3 is 11.1 Å². The molecule has 0 spiro atoms. The van der Waals surface area contributed by atoms with Gasteiger partial charge in [0.1, 0.15) is 11.5 Å². The molecule has 2 heterocycles. The number of allylic oxidation sites excluding steroid dienone is 6. The summed E-state index contributed by atoms with van der Waals surface area (Å²) < 4.78 is 13.5. The van der Waals surface area contributed by atoms with E-state index >= 15 is 0 Å². The van der Waals surface area contributed by atoms with Gasteiger partial charge in [-0.05, 0) is 36.3 Å². The number of rotatable bonds is 7. The first kappa shape index (κ1) is 21.4. The highest BCUT2D eigenvalue weighted by atomic mass is 19.1. The first-order chi connectivity index (χ1) is 15.1. The summed E-state index contributed by atoms with van der Waals surface area (Å²) in [5.41, 5.74) is 9.15. The van der Waals surface area contributed by atoms with Gasteiger partial charge in [-0.3, -0.25) is 14.9 Å². The van der Waals surface area contributed by atoms with Crippen molar-refractivity contribution in [1.29, 1.82) is 0 Å². The lowest BCUT2D eigenvalue weighted by molar-refractivity contribution is 0.102. The van der Waals surface area contributed by atoms with E-state index in [2.05, 4.69) is 20.5 Å². The molecule has 0 bridgehead atoms. The highest BCUT2D eigenvalue weighted by molar-refractivity contribution is 6.05. The van der Waals surface area contributed by atoms with Gasteiger partial charge in [-0.2, -0.15) is 5.10 Å². The number of carbonyl (C=O) groups is 1. The number of aromatic nitrogens is 3. The molecule has 1 aromatic carbocycles. The van der Waals surface area contributed by atoms with E-state index in [1.807, 2.05) is 31.2 Å². The van der Waals surface area contributed by atoms with Gasteiger partial charge >= 0.3 is 0 Å². The predicted octanol–water partition coefficient (Wildman–Crippen LogP) is 4.85. The molecule has 0 aliphatic carbocycles. The average Bonchev–Trinajstić information content (AvgIpc) is 3.25. The van der Waals surface area contributed by atoms with Crippen molar-refractivity contribution in [1.82, 2.24) is 15.2 Å². The van der Waals surface area contributed by atoms with Gasteiger partial charge in [-0.1, -0.05) is 48.6 Å². The molecule has 2 aromatic heterocycles. The van der Waals surface area contributed by atoms with Gasteiger partial charge in [0.05, 0.1) is 18.1 Å². The zero-order valence-electron chi connectivity index (χ0n) is 16.9. The van der Waals surface area contributed by atoms with Crippen molar-refractivity contribution in [3.8, 4) is 11.1 Å². The van der Waals surface area contributed by atoms with Crippen molar-refractivity contribution >= 4 is 17.7 Å². The molecule has 0 aliphatic rings. The summed E-state index contributed by atoms with van der Waals surface area (Å²) in [6.45, 7) is 1.92. The molecule has 6 nitrogen and oxygen atoms in total. The summed E-state index contributed by atoms with van der Waals surface area (Å²) in [6, 6.07) is 7.91. The average molecular weight is 415 g/mol. The second-order valence-electron chi connectivity index (χ2n) is 6.51. The number of nitrogens with one attached hydrogen (secondary N) is 2. The second-order valence-corrected chi connectivity index (χ2v) is 6.51. The number of nitrogens with two attached hydrogens (primary N) is 1. The molecule has 3 rings (SSSR count). The Morgan fingerprint density at radius 1 is 1.13 bits per heavy atom. The number of hydrogen-bond donors (Lipinski definition) is 3. The van der Waals surface area contributed by atoms with Crippen LogP contribution in [0.15, 0.2) is 91.1 Å². The molecular formula is C24H22FN5O.